The van der Waals surface area contributed by atoms with Crippen molar-refractivity contribution in [2.45, 2.75) is 78.1 Å². The predicted molar refractivity (Wildman–Crippen MR) is 99.9 cm³/mol. The van der Waals surface area contributed by atoms with Crippen molar-refractivity contribution in [1.82, 2.24) is 0 Å². The van der Waals surface area contributed by atoms with Crippen LogP contribution in [-0.4, -0.2) is 34.7 Å². The first-order valence-corrected chi connectivity index (χ1v) is 9.65. The van der Waals surface area contributed by atoms with E-state index in [1.54, 1.807) is 0 Å². The highest BCUT2D eigenvalue weighted by Gasteiger charge is 2.32. The third-order valence-electron chi connectivity index (χ3n) is 4.50. The highest BCUT2D eigenvalue weighted by molar-refractivity contribution is 5.87. The molecule has 150 valence electrons. The van der Waals surface area contributed by atoms with Gasteiger partial charge in [0.25, 0.3) is 0 Å². The molecule has 0 fully saturated rings. The molecule has 6 nitrogen and oxygen atoms in total. The van der Waals surface area contributed by atoms with Crippen molar-refractivity contribution in [1.29, 1.82) is 0 Å². The lowest BCUT2D eigenvalue weighted by atomic mass is 9.84. The molecule has 2 unspecified atom stereocenters. The summed E-state index contributed by atoms with van der Waals surface area (Å²) >= 11 is 0. The van der Waals surface area contributed by atoms with Gasteiger partial charge in [-0.25, -0.2) is 4.79 Å². The zero-order valence-corrected chi connectivity index (χ0v) is 16.2. The second-order valence-electron chi connectivity index (χ2n) is 6.72. The summed E-state index contributed by atoms with van der Waals surface area (Å²) in [5, 5.41) is 18.7. The maximum absolute atomic E-state index is 11.8. The number of hydrogen-bond acceptors (Lipinski definition) is 4. The highest BCUT2D eigenvalue weighted by atomic mass is 16.5. The number of unbranched alkanes of at least 4 members (excludes halogenated alkanes) is 4. The Morgan fingerprint density at radius 2 is 1.38 bits per heavy atom. The molecule has 6 heteroatoms. The lowest BCUT2D eigenvalue weighted by Gasteiger charge is -2.20. The Hall–Kier alpha value is -1.85. The van der Waals surface area contributed by atoms with Gasteiger partial charge in [0, 0.05) is 5.57 Å². The number of carboxylic acid groups (broad SMARTS) is 2. The fraction of sp³-hybridized carbons (Fsp3) is 0.750. The van der Waals surface area contributed by atoms with Crippen LogP contribution in [0.3, 0.4) is 0 Å². The summed E-state index contributed by atoms with van der Waals surface area (Å²) in [5.41, 5.74) is 0.310. The summed E-state index contributed by atoms with van der Waals surface area (Å²) in [6.07, 6.45) is 6.83. The number of carboxylic acids is 2. The normalized spacial score (nSPS) is 13.0. The summed E-state index contributed by atoms with van der Waals surface area (Å²) in [6.45, 7) is 8.12. The molecule has 26 heavy (non-hydrogen) atoms. The zero-order chi connectivity index (χ0) is 19.9. The lowest BCUT2D eigenvalue weighted by molar-refractivity contribution is -0.154. The fourth-order valence-corrected chi connectivity index (χ4v) is 2.85. The average molecular weight is 370 g/mol. The van der Waals surface area contributed by atoms with Gasteiger partial charge in [0.2, 0.25) is 0 Å². The molecule has 0 radical (unpaired) electrons. The van der Waals surface area contributed by atoms with Gasteiger partial charge in [-0.3, -0.25) is 9.59 Å². The standard InChI is InChI=1S/C20H34O6/c1-4-6-8-9-14-26-20(25)15(3)11-10-13-17(19(23)24)16(18(21)22)12-7-5-2/h16-17H,3-14H2,1-2H3,(H,21,22)(H,23,24). The number of carbonyl (C=O) groups is 3. The van der Waals surface area contributed by atoms with Crippen LogP contribution < -0.4 is 0 Å². The van der Waals surface area contributed by atoms with Crippen molar-refractivity contribution in [3.8, 4) is 0 Å². The molecule has 0 aliphatic heterocycles. The van der Waals surface area contributed by atoms with Crippen molar-refractivity contribution < 1.29 is 29.3 Å². The van der Waals surface area contributed by atoms with Crippen LogP contribution in [0.15, 0.2) is 12.2 Å². The molecule has 0 spiro atoms. The molecule has 0 bridgehead atoms. The molecule has 2 N–H and O–H groups in total. The Balaban J connectivity index is 4.36. The molecule has 0 saturated heterocycles. The van der Waals surface area contributed by atoms with Crippen molar-refractivity contribution in [3.05, 3.63) is 12.2 Å². The van der Waals surface area contributed by atoms with Crippen LogP contribution >= 0.6 is 0 Å². The van der Waals surface area contributed by atoms with Gasteiger partial charge in [-0.15, -0.1) is 0 Å². The van der Waals surface area contributed by atoms with Gasteiger partial charge < -0.3 is 14.9 Å². The number of esters is 1. The molecule has 0 amide bonds. The van der Waals surface area contributed by atoms with E-state index in [4.69, 9.17) is 4.74 Å². The molecule has 0 aromatic rings. The average Bonchev–Trinajstić information content (AvgIpc) is 2.59. The Kier molecular flexibility index (Phi) is 13.3. The van der Waals surface area contributed by atoms with E-state index < -0.39 is 29.7 Å². The maximum Gasteiger partial charge on any atom is 0.333 e. The third-order valence-corrected chi connectivity index (χ3v) is 4.50. The van der Waals surface area contributed by atoms with Crippen LogP contribution in [0, 0.1) is 11.8 Å². The SMILES string of the molecule is C=C(CCCC(C(=O)O)C(CCCC)C(=O)O)C(=O)OCCCCCC. The first-order chi connectivity index (χ1) is 12.3. The minimum Gasteiger partial charge on any atom is -0.481 e. The van der Waals surface area contributed by atoms with Crippen LogP contribution in [0.5, 0.6) is 0 Å². The van der Waals surface area contributed by atoms with Gasteiger partial charge in [0.1, 0.15) is 0 Å². The molecular weight excluding hydrogens is 336 g/mol. The van der Waals surface area contributed by atoms with Crippen LogP contribution in [0.2, 0.25) is 0 Å². The van der Waals surface area contributed by atoms with Crippen molar-refractivity contribution >= 4 is 17.9 Å². The van der Waals surface area contributed by atoms with E-state index in [-0.39, 0.29) is 6.42 Å². The van der Waals surface area contributed by atoms with Crippen LogP contribution in [-0.2, 0) is 19.1 Å². The number of aliphatic carboxylic acids is 2. The zero-order valence-electron chi connectivity index (χ0n) is 16.2. The summed E-state index contributed by atoms with van der Waals surface area (Å²) in [6, 6.07) is 0. The number of hydrogen-bond donors (Lipinski definition) is 2. The van der Waals surface area contributed by atoms with Crippen LogP contribution in [0.4, 0.5) is 0 Å². The van der Waals surface area contributed by atoms with E-state index in [2.05, 4.69) is 13.5 Å². The molecule has 0 rings (SSSR count). The molecule has 2 atom stereocenters. The Morgan fingerprint density at radius 1 is 0.846 bits per heavy atom. The van der Waals surface area contributed by atoms with Gasteiger partial charge in [0.15, 0.2) is 0 Å². The summed E-state index contributed by atoms with van der Waals surface area (Å²) in [5.74, 6) is -4.47. The molecule has 0 saturated carbocycles. The highest BCUT2D eigenvalue weighted by Crippen LogP contribution is 2.25. The smallest absolute Gasteiger partial charge is 0.333 e. The molecule has 0 aromatic heterocycles. The molecule has 0 aliphatic carbocycles. The summed E-state index contributed by atoms with van der Waals surface area (Å²) in [7, 11) is 0. The predicted octanol–water partition coefficient (Wildman–Crippen LogP) is 4.43. The summed E-state index contributed by atoms with van der Waals surface area (Å²) in [4.78, 5) is 34.7. The van der Waals surface area contributed by atoms with Crippen molar-refractivity contribution in [3.63, 3.8) is 0 Å². The van der Waals surface area contributed by atoms with Gasteiger partial charge in [-0.05, 0) is 32.1 Å². The lowest BCUT2D eigenvalue weighted by Crippen LogP contribution is -2.30. The minimum atomic E-state index is -1.10. The summed E-state index contributed by atoms with van der Waals surface area (Å²) < 4.78 is 5.15. The molecule has 0 aromatic carbocycles. The van der Waals surface area contributed by atoms with Crippen LogP contribution in [0.1, 0.15) is 78.1 Å². The quantitative estimate of drug-likeness (QED) is 0.237. The fourth-order valence-electron chi connectivity index (χ4n) is 2.85. The second-order valence-corrected chi connectivity index (χ2v) is 6.72. The number of carbonyl (C=O) groups excluding carboxylic acids is 1. The monoisotopic (exact) mass is 370 g/mol. The van der Waals surface area contributed by atoms with E-state index in [0.717, 1.165) is 32.1 Å². The first kappa shape index (κ1) is 24.1. The van der Waals surface area contributed by atoms with Gasteiger partial charge >= 0.3 is 17.9 Å². The first-order valence-electron chi connectivity index (χ1n) is 9.65. The molecule has 0 heterocycles. The third kappa shape index (κ3) is 10.2. The van der Waals surface area contributed by atoms with E-state index in [0.29, 0.717) is 37.9 Å². The van der Waals surface area contributed by atoms with Crippen molar-refractivity contribution in [2.75, 3.05) is 6.61 Å². The second kappa shape index (κ2) is 14.3. The molecule has 0 aliphatic rings. The maximum atomic E-state index is 11.8. The van der Waals surface area contributed by atoms with E-state index >= 15 is 0 Å². The van der Waals surface area contributed by atoms with Gasteiger partial charge in [-0.1, -0.05) is 52.5 Å². The Morgan fingerprint density at radius 3 is 1.88 bits per heavy atom. The molecular formula is C20H34O6. The topological polar surface area (TPSA) is 101 Å². The van der Waals surface area contributed by atoms with E-state index in [9.17, 15) is 24.6 Å². The minimum absolute atomic E-state index is 0.207. The Bertz CT molecular complexity index is 457. The Labute approximate surface area is 156 Å². The number of rotatable bonds is 16. The number of ether oxygens (including phenoxy) is 1. The van der Waals surface area contributed by atoms with E-state index in [1.165, 1.54) is 0 Å². The van der Waals surface area contributed by atoms with Gasteiger partial charge in [-0.2, -0.15) is 0 Å². The van der Waals surface area contributed by atoms with E-state index in [1.807, 2.05) is 6.92 Å². The van der Waals surface area contributed by atoms with Crippen molar-refractivity contribution in [2.24, 2.45) is 11.8 Å². The largest absolute Gasteiger partial charge is 0.481 e. The van der Waals surface area contributed by atoms with Crippen LogP contribution in [0.25, 0.3) is 0 Å². The van der Waals surface area contributed by atoms with Gasteiger partial charge in [0.05, 0.1) is 18.4 Å².